The van der Waals surface area contributed by atoms with Gasteiger partial charge in [0, 0.05) is 16.3 Å². The average molecular weight is 276 g/mol. The number of rotatable bonds is 4. The lowest BCUT2D eigenvalue weighted by molar-refractivity contribution is 0.408. The molecule has 0 aliphatic carbocycles. The van der Waals surface area contributed by atoms with E-state index in [-0.39, 0.29) is 6.04 Å². The smallest absolute Gasteiger partial charge is 0.124 e. The Bertz CT molecular complexity index is 568. The van der Waals surface area contributed by atoms with Crippen LogP contribution in [0.5, 0.6) is 5.75 Å². The SMILES string of the molecule is COc1ccc(C)cc1C(C)Nc1cccc(Cl)c1. The van der Waals surface area contributed by atoms with Crippen molar-refractivity contribution in [2.45, 2.75) is 19.9 Å². The average Bonchev–Trinajstić information content (AvgIpc) is 2.38. The summed E-state index contributed by atoms with van der Waals surface area (Å²) in [6, 6.07) is 14.1. The Kier molecular flexibility index (Phi) is 4.33. The van der Waals surface area contributed by atoms with Gasteiger partial charge in [-0.3, -0.25) is 0 Å². The Morgan fingerprint density at radius 2 is 1.95 bits per heavy atom. The fourth-order valence-electron chi connectivity index (χ4n) is 2.10. The predicted octanol–water partition coefficient (Wildman–Crippen LogP) is 4.83. The maximum atomic E-state index is 5.99. The molecule has 2 rings (SSSR count). The molecule has 0 radical (unpaired) electrons. The van der Waals surface area contributed by atoms with Crippen LogP contribution in [0.3, 0.4) is 0 Å². The van der Waals surface area contributed by atoms with Crippen LogP contribution in [0, 0.1) is 6.92 Å². The summed E-state index contributed by atoms with van der Waals surface area (Å²) in [4.78, 5) is 0. The van der Waals surface area contributed by atoms with Crippen molar-refractivity contribution < 1.29 is 4.74 Å². The first-order valence-electron chi connectivity index (χ1n) is 6.27. The molecule has 0 saturated heterocycles. The van der Waals surface area contributed by atoms with E-state index in [0.717, 1.165) is 22.0 Å². The first-order chi connectivity index (χ1) is 9.10. The zero-order valence-electron chi connectivity index (χ0n) is 11.4. The number of ether oxygens (including phenoxy) is 1. The van der Waals surface area contributed by atoms with Gasteiger partial charge in [-0.2, -0.15) is 0 Å². The number of benzene rings is 2. The molecule has 1 unspecified atom stereocenters. The molecule has 0 bridgehead atoms. The molecule has 19 heavy (non-hydrogen) atoms. The van der Waals surface area contributed by atoms with Crippen molar-refractivity contribution >= 4 is 17.3 Å². The van der Waals surface area contributed by atoms with Gasteiger partial charge in [-0.25, -0.2) is 0 Å². The van der Waals surface area contributed by atoms with Crippen molar-refractivity contribution in [2.75, 3.05) is 12.4 Å². The summed E-state index contributed by atoms with van der Waals surface area (Å²) < 4.78 is 5.42. The molecule has 0 saturated carbocycles. The monoisotopic (exact) mass is 275 g/mol. The van der Waals surface area contributed by atoms with Crippen LogP contribution in [0.15, 0.2) is 42.5 Å². The summed E-state index contributed by atoms with van der Waals surface area (Å²) in [5.41, 5.74) is 3.36. The van der Waals surface area contributed by atoms with Crippen LogP contribution in [-0.4, -0.2) is 7.11 Å². The fourth-order valence-corrected chi connectivity index (χ4v) is 2.29. The highest BCUT2D eigenvalue weighted by Gasteiger charge is 2.11. The van der Waals surface area contributed by atoms with Crippen molar-refractivity contribution in [3.05, 3.63) is 58.6 Å². The molecule has 0 aliphatic rings. The second kappa shape index (κ2) is 5.98. The Labute approximate surface area is 119 Å². The standard InChI is InChI=1S/C16H18ClNO/c1-11-7-8-16(19-3)15(9-11)12(2)18-14-6-4-5-13(17)10-14/h4-10,12,18H,1-3H3. The molecular weight excluding hydrogens is 258 g/mol. The molecule has 1 N–H and O–H groups in total. The maximum Gasteiger partial charge on any atom is 0.124 e. The van der Waals surface area contributed by atoms with Crippen LogP contribution in [-0.2, 0) is 0 Å². The summed E-state index contributed by atoms with van der Waals surface area (Å²) >= 11 is 5.99. The molecule has 3 heteroatoms. The number of halogens is 1. The van der Waals surface area contributed by atoms with E-state index in [2.05, 4.69) is 31.3 Å². The molecule has 100 valence electrons. The van der Waals surface area contributed by atoms with Crippen LogP contribution >= 0.6 is 11.6 Å². The van der Waals surface area contributed by atoms with Gasteiger partial charge in [-0.15, -0.1) is 0 Å². The van der Waals surface area contributed by atoms with Crippen molar-refractivity contribution in [1.82, 2.24) is 0 Å². The number of methoxy groups -OCH3 is 1. The molecule has 2 nitrogen and oxygen atoms in total. The third-order valence-corrected chi connectivity index (χ3v) is 3.29. The van der Waals surface area contributed by atoms with E-state index >= 15 is 0 Å². The van der Waals surface area contributed by atoms with Gasteiger partial charge >= 0.3 is 0 Å². The second-order valence-corrected chi connectivity index (χ2v) is 5.06. The van der Waals surface area contributed by atoms with Crippen molar-refractivity contribution in [3.63, 3.8) is 0 Å². The zero-order chi connectivity index (χ0) is 13.8. The van der Waals surface area contributed by atoms with Gasteiger partial charge in [0.2, 0.25) is 0 Å². The minimum absolute atomic E-state index is 0.147. The Morgan fingerprint density at radius 3 is 2.63 bits per heavy atom. The summed E-state index contributed by atoms with van der Waals surface area (Å²) in [5, 5.41) is 4.17. The molecular formula is C16H18ClNO. The summed E-state index contributed by atoms with van der Waals surface area (Å²) in [6.45, 7) is 4.19. The van der Waals surface area contributed by atoms with Crippen molar-refractivity contribution in [1.29, 1.82) is 0 Å². The molecule has 0 aliphatic heterocycles. The van der Waals surface area contributed by atoms with Crippen LogP contribution in [0.4, 0.5) is 5.69 Å². The van der Waals surface area contributed by atoms with Gasteiger partial charge in [-0.1, -0.05) is 35.4 Å². The minimum atomic E-state index is 0.147. The van der Waals surface area contributed by atoms with Gasteiger partial charge in [0.25, 0.3) is 0 Å². The van der Waals surface area contributed by atoms with E-state index in [1.807, 2.05) is 30.3 Å². The quantitative estimate of drug-likeness (QED) is 0.863. The van der Waals surface area contributed by atoms with E-state index in [0.29, 0.717) is 0 Å². The fraction of sp³-hybridized carbons (Fsp3) is 0.250. The Balaban J connectivity index is 2.24. The summed E-state index contributed by atoms with van der Waals surface area (Å²) in [5.74, 6) is 0.896. The zero-order valence-corrected chi connectivity index (χ0v) is 12.2. The van der Waals surface area contributed by atoms with Gasteiger partial charge in [0.1, 0.15) is 5.75 Å². The largest absolute Gasteiger partial charge is 0.496 e. The molecule has 0 amide bonds. The Morgan fingerprint density at radius 1 is 1.16 bits per heavy atom. The first-order valence-corrected chi connectivity index (χ1v) is 6.64. The van der Waals surface area contributed by atoms with E-state index in [4.69, 9.17) is 16.3 Å². The minimum Gasteiger partial charge on any atom is -0.496 e. The van der Waals surface area contributed by atoms with Crippen LogP contribution in [0.25, 0.3) is 0 Å². The van der Waals surface area contributed by atoms with Crippen molar-refractivity contribution in [2.24, 2.45) is 0 Å². The number of anilines is 1. The van der Waals surface area contributed by atoms with Crippen LogP contribution < -0.4 is 10.1 Å². The van der Waals surface area contributed by atoms with E-state index in [9.17, 15) is 0 Å². The van der Waals surface area contributed by atoms with E-state index in [1.165, 1.54) is 5.56 Å². The predicted molar refractivity (Wildman–Crippen MR) is 81.2 cm³/mol. The van der Waals surface area contributed by atoms with Crippen LogP contribution in [0.2, 0.25) is 5.02 Å². The molecule has 0 fully saturated rings. The third-order valence-electron chi connectivity index (χ3n) is 3.06. The van der Waals surface area contributed by atoms with Gasteiger partial charge in [0.15, 0.2) is 0 Å². The van der Waals surface area contributed by atoms with E-state index in [1.54, 1.807) is 7.11 Å². The van der Waals surface area contributed by atoms with Crippen molar-refractivity contribution in [3.8, 4) is 5.75 Å². The first kappa shape index (κ1) is 13.8. The summed E-state index contributed by atoms with van der Waals surface area (Å²) in [6.07, 6.45) is 0. The highest BCUT2D eigenvalue weighted by molar-refractivity contribution is 6.30. The molecule has 0 spiro atoms. The molecule has 1 atom stereocenters. The Hall–Kier alpha value is -1.67. The maximum absolute atomic E-state index is 5.99. The number of hydrogen-bond donors (Lipinski definition) is 1. The lowest BCUT2D eigenvalue weighted by atomic mass is 10.0. The van der Waals surface area contributed by atoms with Crippen LogP contribution in [0.1, 0.15) is 24.1 Å². The third kappa shape index (κ3) is 3.42. The molecule has 0 aromatic heterocycles. The van der Waals surface area contributed by atoms with Gasteiger partial charge in [0.05, 0.1) is 13.2 Å². The highest BCUT2D eigenvalue weighted by Crippen LogP contribution is 2.29. The molecule has 0 heterocycles. The summed E-state index contributed by atoms with van der Waals surface area (Å²) in [7, 11) is 1.69. The molecule has 2 aromatic carbocycles. The second-order valence-electron chi connectivity index (χ2n) is 4.62. The van der Waals surface area contributed by atoms with Gasteiger partial charge in [-0.05, 0) is 38.1 Å². The number of aryl methyl sites for hydroxylation is 1. The topological polar surface area (TPSA) is 21.3 Å². The van der Waals surface area contributed by atoms with E-state index < -0.39 is 0 Å². The number of hydrogen-bond acceptors (Lipinski definition) is 2. The molecule has 2 aromatic rings. The normalized spacial score (nSPS) is 12.0. The lowest BCUT2D eigenvalue weighted by Gasteiger charge is -2.19. The lowest BCUT2D eigenvalue weighted by Crippen LogP contribution is -2.08. The van der Waals surface area contributed by atoms with Gasteiger partial charge < -0.3 is 10.1 Å². The number of nitrogens with one attached hydrogen (secondary N) is 1. The highest BCUT2D eigenvalue weighted by atomic mass is 35.5.